The minimum atomic E-state index is 0.203. The van der Waals surface area contributed by atoms with Crippen LogP contribution in [0, 0.1) is 0 Å². The predicted molar refractivity (Wildman–Crippen MR) is 122 cm³/mol. The molecule has 2 aliphatic rings. The van der Waals surface area contributed by atoms with E-state index in [4.69, 9.17) is 21.1 Å². The van der Waals surface area contributed by atoms with Crippen LogP contribution in [0.25, 0.3) is 10.9 Å². The average Bonchev–Trinajstić information content (AvgIpc) is 2.82. The lowest BCUT2D eigenvalue weighted by Gasteiger charge is -2.27. The molecular weight excluding hydrogens is 416 g/mol. The number of halogens is 1. The molecule has 8 nitrogen and oxygen atoms in total. The van der Waals surface area contributed by atoms with Gasteiger partial charge in [-0.2, -0.15) is 0 Å². The lowest BCUT2D eigenvalue weighted by molar-refractivity contribution is 0.122. The summed E-state index contributed by atoms with van der Waals surface area (Å²) in [6, 6.07) is 7.77. The van der Waals surface area contributed by atoms with Gasteiger partial charge in [0.15, 0.2) is 0 Å². The van der Waals surface area contributed by atoms with Crippen LogP contribution in [0.3, 0.4) is 0 Å². The first-order valence-electron chi connectivity index (χ1n) is 10.6. The Morgan fingerprint density at radius 2 is 1.94 bits per heavy atom. The molecule has 4 heterocycles. The molecule has 0 radical (unpaired) electrons. The van der Waals surface area contributed by atoms with Crippen molar-refractivity contribution in [3.63, 3.8) is 0 Å². The molecule has 31 heavy (non-hydrogen) atoms. The summed E-state index contributed by atoms with van der Waals surface area (Å²) in [7, 11) is 0. The van der Waals surface area contributed by atoms with E-state index in [1.54, 1.807) is 6.20 Å². The lowest BCUT2D eigenvalue weighted by Crippen LogP contribution is -2.36. The summed E-state index contributed by atoms with van der Waals surface area (Å²) in [5.74, 6) is 2.33. The SMILES string of the molecule is Clc1cc(Nc2ncnc3cnc(N4CCOCC4)cc23)ccc1OC1CCNCC1. The fourth-order valence-corrected chi connectivity index (χ4v) is 4.14. The van der Waals surface area contributed by atoms with E-state index in [9.17, 15) is 0 Å². The van der Waals surface area contributed by atoms with Crippen molar-refractivity contribution in [2.24, 2.45) is 0 Å². The minimum Gasteiger partial charge on any atom is -0.489 e. The van der Waals surface area contributed by atoms with Gasteiger partial charge in [0, 0.05) is 24.2 Å². The van der Waals surface area contributed by atoms with E-state index in [0.717, 1.165) is 61.4 Å². The molecule has 0 atom stereocenters. The van der Waals surface area contributed by atoms with Crippen molar-refractivity contribution in [1.29, 1.82) is 0 Å². The highest BCUT2D eigenvalue weighted by Gasteiger charge is 2.17. The summed E-state index contributed by atoms with van der Waals surface area (Å²) in [5, 5.41) is 8.21. The number of aromatic nitrogens is 3. The van der Waals surface area contributed by atoms with Gasteiger partial charge in [-0.1, -0.05) is 11.6 Å². The van der Waals surface area contributed by atoms with Crippen LogP contribution in [-0.4, -0.2) is 60.4 Å². The van der Waals surface area contributed by atoms with Crippen LogP contribution in [0.1, 0.15) is 12.8 Å². The standard InChI is InChI=1S/C22H25ClN6O2/c23-18-11-15(1-2-20(18)31-16-3-5-24-6-4-16)28-22-17-12-21(29-7-9-30-10-8-29)25-13-19(17)26-14-27-22/h1-2,11-14,16,24H,3-10H2,(H,26,27,28). The third-order valence-corrected chi connectivity index (χ3v) is 5.91. The first kappa shape index (κ1) is 20.2. The molecule has 162 valence electrons. The number of fused-ring (bicyclic) bond motifs is 1. The van der Waals surface area contributed by atoms with E-state index in [0.29, 0.717) is 29.8 Å². The topological polar surface area (TPSA) is 84.4 Å². The van der Waals surface area contributed by atoms with Crippen molar-refractivity contribution in [3.05, 3.63) is 41.8 Å². The molecule has 0 unspecified atom stereocenters. The smallest absolute Gasteiger partial charge is 0.141 e. The van der Waals surface area contributed by atoms with Crippen molar-refractivity contribution < 1.29 is 9.47 Å². The molecule has 5 rings (SSSR count). The maximum Gasteiger partial charge on any atom is 0.141 e. The number of pyridine rings is 1. The molecule has 0 aliphatic carbocycles. The van der Waals surface area contributed by atoms with E-state index in [2.05, 4.69) is 30.5 Å². The number of hydrogen-bond donors (Lipinski definition) is 2. The fourth-order valence-electron chi connectivity index (χ4n) is 3.92. The number of piperidine rings is 1. The normalized spacial score (nSPS) is 17.6. The molecule has 2 aromatic heterocycles. The zero-order valence-electron chi connectivity index (χ0n) is 17.2. The quantitative estimate of drug-likeness (QED) is 0.624. The third kappa shape index (κ3) is 4.66. The molecule has 0 spiro atoms. The summed E-state index contributed by atoms with van der Waals surface area (Å²) >= 11 is 6.52. The van der Waals surface area contributed by atoms with Crippen molar-refractivity contribution in [1.82, 2.24) is 20.3 Å². The third-order valence-electron chi connectivity index (χ3n) is 5.62. The van der Waals surface area contributed by atoms with Gasteiger partial charge in [-0.3, -0.25) is 0 Å². The number of hydrogen-bond acceptors (Lipinski definition) is 8. The Labute approximate surface area is 185 Å². The highest BCUT2D eigenvalue weighted by Crippen LogP contribution is 2.32. The zero-order chi connectivity index (χ0) is 21.0. The summed E-state index contributed by atoms with van der Waals surface area (Å²) in [4.78, 5) is 15.6. The van der Waals surface area contributed by atoms with Crippen LogP contribution in [-0.2, 0) is 4.74 Å². The van der Waals surface area contributed by atoms with E-state index in [1.807, 2.05) is 24.3 Å². The Bertz CT molecular complexity index is 1050. The summed E-state index contributed by atoms with van der Waals surface area (Å²) in [6.45, 7) is 5.01. The Hall–Kier alpha value is -2.68. The first-order valence-corrected chi connectivity index (χ1v) is 11.0. The number of rotatable bonds is 5. The molecule has 2 aliphatic heterocycles. The fraction of sp³-hybridized carbons (Fsp3) is 0.409. The van der Waals surface area contributed by atoms with E-state index in [1.165, 1.54) is 6.33 Å². The van der Waals surface area contributed by atoms with Gasteiger partial charge >= 0.3 is 0 Å². The number of morpholine rings is 1. The Morgan fingerprint density at radius 3 is 2.74 bits per heavy atom. The molecule has 2 fully saturated rings. The van der Waals surface area contributed by atoms with Gasteiger partial charge in [-0.05, 0) is 50.2 Å². The molecule has 1 aromatic carbocycles. The zero-order valence-corrected chi connectivity index (χ0v) is 17.9. The van der Waals surface area contributed by atoms with Gasteiger partial charge in [0.2, 0.25) is 0 Å². The van der Waals surface area contributed by atoms with Crippen molar-refractivity contribution >= 4 is 39.8 Å². The predicted octanol–water partition coefficient (Wildman–Crippen LogP) is 3.39. The van der Waals surface area contributed by atoms with Crippen LogP contribution in [0.5, 0.6) is 5.75 Å². The number of benzene rings is 1. The van der Waals surface area contributed by atoms with Crippen LogP contribution in [0.2, 0.25) is 5.02 Å². The van der Waals surface area contributed by atoms with E-state index in [-0.39, 0.29) is 6.10 Å². The molecule has 2 saturated heterocycles. The van der Waals surface area contributed by atoms with Gasteiger partial charge < -0.3 is 25.0 Å². The number of nitrogens with one attached hydrogen (secondary N) is 2. The summed E-state index contributed by atoms with van der Waals surface area (Å²) < 4.78 is 11.5. The second-order valence-electron chi connectivity index (χ2n) is 7.72. The van der Waals surface area contributed by atoms with Gasteiger partial charge in [0.25, 0.3) is 0 Å². The second-order valence-corrected chi connectivity index (χ2v) is 8.13. The van der Waals surface area contributed by atoms with Crippen molar-refractivity contribution in [2.45, 2.75) is 18.9 Å². The molecule has 3 aromatic rings. The molecule has 0 saturated carbocycles. The number of anilines is 3. The Morgan fingerprint density at radius 1 is 1.10 bits per heavy atom. The van der Waals surface area contributed by atoms with Gasteiger partial charge in [-0.15, -0.1) is 0 Å². The molecule has 2 N–H and O–H groups in total. The molecule has 9 heteroatoms. The van der Waals surface area contributed by atoms with Crippen LogP contribution in [0.15, 0.2) is 36.8 Å². The average molecular weight is 441 g/mol. The van der Waals surface area contributed by atoms with Gasteiger partial charge in [0.05, 0.1) is 29.9 Å². The minimum absolute atomic E-state index is 0.203. The molecule has 0 bridgehead atoms. The van der Waals surface area contributed by atoms with Gasteiger partial charge in [0.1, 0.15) is 29.8 Å². The Balaban J connectivity index is 1.37. The maximum atomic E-state index is 6.52. The van der Waals surface area contributed by atoms with Gasteiger partial charge in [-0.25, -0.2) is 15.0 Å². The van der Waals surface area contributed by atoms with Crippen LogP contribution in [0.4, 0.5) is 17.3 Å². The monoisotopic (exact) mass is 440 g/mol. The highest BCUT2D eigenvalue weighted by molar-refractivity contribution is 6.32. The van der Waals surface area contributed by atoms with Crippen LogP contribution >= 0.6 is 11.6 Å². The lowest BCUT2D eigenvalue weighted by atomic mass is 10.1. The largest absolute Gasteiger partial charge is 0.489 e. The van der Waals surface area contributed by atoms with Crippen molar-refractivity contribution in [3.8, 4) is 5.75 Å². The maximum absolute atomic E-state index is 6.52. The number of ether oxygens (including phenoxy) is 2. The Kier molecular flexibility index (Phi) is 6.01. The summed E-state index contributed by atoms with van der Waals surface area (Å²) in [5.41, 5.74) is 1.62. The summed E-state index contributed by atoms with van der Waals surface area (Å²) in [6.07, 6.45) is 5.51. The van der Waals surface area contributed by atoms with E-state index >= 15 is 0 Å². The molecular formula is C22H25ClN6O2. The highest BCUT2D eigenvalue weighted by atomic mass is 35.5. The molecule has 0 amide bonds. The second kappa shape index (κ2) is 9.21. The first-order chi connectivity index (χ1) is 15.3. The number of nitrogens with zero attached hydrogens (tertiary/aromatic N) is 4. The van der Waals surface area contributed by atoms with Crippen LogP contribution < -0.4 is 20.3 Å². The van der Waals surface area contributed by atoms with E-state index < -0.39 is 0 Å². The van der Waals surface area contributed by atoms with Crippen molar-refractivity contribution in [2.75, 3.05) is 49.6 Å².